The lowest BCUT2D eigenvalue weighted by atomic mass is 10.1. The van der Waals surface area contributed by atoms with E-state index in [1.54, 1.807) is 36.3 Å². The van der Waals surface area contributed by atoms with E-state index in [4.69, 9.17) is 0 Å². The summed E-state index contributed by atoms with van der Waals surface area (Å²) in [4.78, 5) is 11.8. The van der Waals surface area contributed by atoms with Crippen LogP contribution in [0, 0.1) is 0 Å². The molecule has 0 aliphatic carbocycles. The molecule has 0 atom stereocenters. The summed E-state index contributed by atoms with van der Waals surface area (Å²) in [6.45, 7) is 0. The highest BCUT2D eigenvalue weighted by molar-refractivity contribution is 9.10. The predicted molar refractivity (Wildman–Crippen MR) is 70.7 cm³/mol. The highest BCUT2D eigenvalue weighted by atomic mass is 79.9. The minimum absolute atomic E-state index is 0.0434. The number of aromatic nitrogens is 2. The number of aryl methyl sites for hydroxylation is 1. The van der Waals surface area contributed by atoms with Crippen molar-refractivity contribution in [2.45, 2.75) is 0 Å². The summed E-state index contributed by atoms with van der Waals surface area (Å²) >= 11 is 3.39. The van der Waals surface area contributed by atoms with Gasteiger partial charge in [0.25, 0.3) is 0 Å². The largest absolute Gasteiger partial charge is 0.289 e. The number of hydrogen-bond donors (Lipinski definition) is 0. The fourth-order valence-electron chi connectivity index (χ4n) is 1.43. The van der Waals surface area contributed by atoms with Crippen LogP contribution in [0.1, 0.15) is 15.9 Å². The van der Waals surface area contributed by atoms with Gasteiger partial charge in [0.05, 0.1) is 11.8 Å². The number of allylic oxidation sites excluding steroid dienone is 1. The van der Waals surface area contributed by atoms with Gasteiger partial charge in [-0.2, -0.15) is 5.10 Å². The zero-order chi connectivity index (χ0) is 12.3. The quantitative estimate of drug-likeness (QED) is 0.643. The predicted octanol–water partition coefficient (Wildman–Crippen LogP) is 3.08. The molecule has 0 fully saturated rings. The maximum Gasteiger partial charge on any atom is 0.189 e. The van der Waals surface area contributed by atoms with Crippen LogP contribution in [0.25, 0.3) is 6.08 Å². The highest BCUT2D eigenvalue weighted by Gasteiger charge is 2.03. The number of ketones is 1. The number of carbonyl (C=O) groups excluding carboxylic acids is 1. The average Bonchev–Trinajstić information content (AvgIpc) is 2.73. The average molecular weight is 291 g/mol. The standard InChI is InChI=1S/C13H11BrN2O/c1-16-9-11(8-15-16)13(17)6-5-10-3-2-4-12(14)7-10/h2-9H,1H3. The molecule has 0 spiro atoms. The second kappa shape index (κ2) is 5.10. The lowest BCUT2D eigenvalue weighted by Crippen LogP contribution is -1.91. The van der Waals surface area contributed by atoms with E-state index in [9.17, 15) is 4.79 Å². The van der Waals surface area contributed by atoms with Crippen molar-refractivity contribution in [3.05, 3.63) is 58.3 Å². The van der Waals surface area contributed by atoms with Gasteiger partial charge >= 0.3 is 0 Å². The van der Waals surface area contributed by atoms with Crippen molar-refractivity contribution in [3.8, 4) is 0 Å². The van der Waals surface area contributed by atoms with E-state index in [0.717, 1.165) is 10.0 Å². The first kappa shape index (κ1) is 11.8. The van der Waals surface area contributed by atoms with Crippen LogP contribution in [-0.4, -0.2) is 15.6 Å². The van der Waals surface area contributed by atoms with Gasteiger partial charge in [0.1, 0.15) is 0 Å². The fourth-order valence-corrected chi connectivity index (χ4v) is 1.84. The van der Waals surface area contributed by atoms with Gasteiger partial charge in [-0.05, 0) is 23.8 Å². The summed E-state index contributed by atoms with van der Waals surface area (Å²) in [5.41, 5.74) is 1.58. The Morgan fingerprint density at radius 2 is 2.29 bits per heavy atom. The first-order chi connectivity index (χ1) is 8.15. The van der Waals surface area contributed by atoms with Crippen LogP contribution in [0.3, 0.4) is 0 Å². The van der Waals surface area contributed by atoms with E-state index in [1.807, 2.05) is 24.3 Å². The number of hydrogen-bond acceptors (Lipinski definition) is 2. The Balaban J connectivity index is 2.13. The Bertz CT molecular complexity index is 572. The molecule has 0 saturated carbocycles. The summed E-state index contributed by atoms with van der Waals surface area (Å²) in [5.74, 6) is -0.0434. The van der Waals surface area contributed by atoms with E-state index in [2.05, 4.69) is 21.0 Å². The molecule has 0 bridgehead atoms. The topological polar surface area (TPSA) is 34.9 Å². The molecule has 2 rings (SSSR count). The molecule has 2 aromatic rings. The second-order valence-electron chi connectivity index (χ2n) is 3.66. The lowest BCUT2D eigenvalue weighted by molar-refractivity contribution is 0.104. The van der Waals surface area contributed by atoms with Crippen LogP contribution >= 0.6 is 15.9 Å². The summed E-state index contributed by atoms with van der Waals surface area (Å²) < 4.78 is 2.61. The third kappa shape index (κ3) is 3.14. The van der Waals surface area contributed by atoms with Crippen molar-refractivity contribution in [1.82, 2.24) is 9.78 Å². The summed E-state index contributed by atoms with van der Waals surface area (Å²) in [7, 11) is 1.79. The van der Waals surface area contributed by atoms with Gasteiger partial charge in [0, 0.05) is 17.7 Å². The van der Waals surface area contributed by atoms with Crippen molar-refractivity contribution in [1.29, 1.82) is 0 Å². The number of nitrogens with zero attached hydrogens (tertiary/aromatic N) is 2. The minimum atomic E-state index is -0.0434. The van der Waals surface area contributed by atoms with E-state index in [0.29, 0.717) is 5.56 Å². The molecule has 0 amide bonds. The third-order valence-electron chi connectivity index (χ3n) is 2.27. The van der Waals surface area contributed by atoms with Gasteiger partial charge in [-0.3, -0.25) is 9.48 Å². The van der Waals surface area contributed by atoms with Crippen LogP contribution in [0.15, 0.2) is 47.2 Å². The van der Waals surface area contributed by atoms with Gasteiger partial charge in [-0.25, -0.2) is 0 Å². The van der Waals surface area contributed by atoms with E-state index < -0.39 is 0 Å². The molecule has 0 unspecified atom stereocenters. The summed E-state index contributed by atoms with van der Waals surface area (Å²) in [6, 6.07) is 7.77. The number of halogens is 1. The lowest BCUT2D eigenvalue weighted by Gasteiger charge is -1.93. The van der Waals surface area contributed by atoms with Crippen LogP contribution in [-0.2, 0) is 7.05 Å². The Morgan fingerprint density at radius 3 is 2.94 bits per heavy atom. The van der Waals surface area contributed by atoms with Gasteiger partial charge in [-0.1, -0.05) is 34.1 Å². The van der Waals surface area contributed by atoms with Crippen molar-refractivity contribution in [3.63, 3.8) is 0 Å². The number of carbonyl (C=O) groups is 1. The van der Waals surface area contributed by atoms with Gasteiger partial charge in [0.15, 0.2) is 5.78 Å². The zero-order valence-corrected chi connectivity index (χ0v) is 10.9. The fraction of sp³-hybridized carbons (Fsp3) is 0.0769. The van der Waals surface area contributed by atoms with Crippen molar-refractivity contribution < 1.29 is 4.79 Å². The Kier molecular flexibility index (Phi) is 3.54. The normalized spacial score (nSPS) is 10.9. The molecule has 3 nitrogen and oxygen atoms in total. The molecular formula is C13H11BrN2O. The maximum absolute atomic E-state index is 11.8. The summed E-state index contributed by atoms with van der Waals surface area (Å²) in [5, 5.41) is 3.96. The molecule has 0 radical (unpaired) electrons. The molecule has 1 aromatic heterocycles. The van der Waals surface area contributed by atoms with Crippen LogP contribution in [0.4, 0.5) is 0 Å². The molecule has 1 aromatic carbocycles. The maximum atomic E-state index is 11.8. The Labute approximate surface area is 108 Å². The zero-order valence-electron chi connectivity index (χ0n) is 9.30. The molecule has 0 aliphatic heterocycles. The van der Waals surface area contributed by atoms with E-state index >= 15 is 0 Å². The van der Waals surface area contributed by atoms with Crippen molar-refractivity contribution in [2.75, 3.05) is 0 Å². The number of benzene rings is 1. The number of rotatable bonds is 3. The SMILES string of the molecule is Cn1cc(C(=O)C=Cc2cccc(Br)c2)cn1. The molecule has 4 heteroatoms. The molecule has 1 heterocycles. The molecule has 0 saturated heterocycles. The first-order valence-corrected chi connectivity index (χ1v) is 5.91. The molecule has 17 heavy (non-hydrogen) atoms. The molecular weight excluding hydrogens is 280 g/mol. The highest BCUT2D eigenvalue weighted by Crippen LogP contribution is 2.13. The van der Waals surface area contributed by atoms with Gasteiger partial charge in [0.2, 0.25) is 0 Å². The molecule has 0 aliphatic rings. The molecule has 0 N–H and O–H groups in total. The van der Waals surface area contributed by atoms with Crippen LogP contribution < -0.4 is 0 Å². The van der Waals surface area contributed by atoms with Gasteiger partial charge < -0.3 is 0 Å². The van der Waals surface area contributed by atoms with Crippen LogP contribution in [0.2, 0.25) is 0 Å². The smallest absolute Gasteiger partial charge is 0.189 e. The monoisotopic (exact) mass is 290 g/mol. The Hall–Kier alpha value is -1.68. The van der Waals surface area contributed by atoms with E-state index in [-0.39, 0.29) is 5.78 Å². The second-order valence-corrected chi connectivity index (χ2v) is 4.57. The van der Waals surface area contributed by atoms with Crippen molar-refractivity contribution >= 4 is 27.8 Å². The third-order valence-corrected chi connectivity index (χ3v) is 2.76. The van der Waals surface area contributed by atoms with Crippen LogP contribution in [0.5, 0.6) is 0 Å². The molecule has 86 valence electrons. The first-order valence-electron chi connectivity index (χ1n) is 5.12. The van der Waals surface area contributed by atoms with E-state index in [1.165, 1.54) is 0 Å². The van der Waals surface area contributed by atoms with Crippen molar-refractivity contribution in [2.24, 2.45) is 7.05 Å². The minimum Gasteiger partial charge on any atom is -0.289 e. The Morgan fingerprint density at radius 1 is 1.47 bits per heavy atom. The van der Waals surface area contributed by atoms with Gasteiger partial charge in [-0.15, -0.1) is 0 Å². The summed E-state index contributed by atoms with van der Waals surface area (Å²) in [6.07, 6.45) is 6.61.